The van der Waals surface area contributed by atoms with Crippen molar-refractivity contribution in [1.29, 1.82) is 0 Å². The first-order chi connectivity index (χ1) is 7.36. The van der Waals surface area contributed by atoms with Gasteiger partial charge in [0.05, 0.1) is 0 Å². The third kappa shape index (κ3) is 3.44. The number of hydrogen-bond donors (Lipinski definition) is 2. The van der Waals surface area contributed by atoms with Gasteiger partial charge in [0.25, 0.3) is 0 Å². The molecule has 0 amide bonds. The van der Waals surface area contributed by atoms with Crippen LogP contribution in [0.4, 0.5) is 0 Å². The van der Waals surface area contributed by atoms with Gasteiger partial charge in [0.15, 0.2) is 0 Å². The molecule has 2 N–H and O–H groups in total. The second kappa shape index (κ2) is 5.83. The van der Waals surface area contributed by atoms with Crippen LogP contribution in [-0.4, -0.2) is 50.7 Å². The summed E-state index contributed by atoms with van der Waals surface area (Å²) in [4.78, 5) is 2.47. The molecule has 1 aliphatic carbocycles. The summed E-state index contributed by atoms with van der Waals surface area (Å²) < 4.78 is 0. The maximum atomic E-state index is 3.65. The van der Waals surface area contributed by atoms with Crippen molar-refractivity contribution in [3.63, 3.8) is 0 Å². The Balaban J connectivity index is 1.59. The van der Waals surface area contributed by atoms with Crippen molar-refractivity contribution in [3.8, 4) is 0 Å². The van der Waals surface area contributed by atoms with E-state index in [9.17, 15) is 0 Å². The van der Waals surface area contributed by atoms with Crippen LogP contribution in [0.1, 0.15) is 25.7 Å². The summed E-state index contributed by atoms with van der Waals surface area (Å²) in [5.41, 5.74) is 0. The van der Waals surface area contributed by atoms with Crippen molar-refractivity contribution in [2.45, 2.75) is 31.7 Å². The van der Waals surface area contributed by atoms with Crippen LogP contribution in [0.25, 0.3) is 0 Å². The largest absolute Gasteiger partial charge is 0.315 e. The van der Waals surface area contributed by atoms with Crippen LogP contribution < -0.4 is 10.6 Å². The molecule has 0 spiro atoms. The Bertz CT molecular complexity index is 178. The van der Waals surface area contributed by atoms with Gasteiger partial charge in [-0.2, -0.15) is 0 Å². The highest BCUT2D eigenvalue weighted by Crippen LogP contribution is 2.23. The highest BCUT2D eigenvalue weighted by Gasteiger charge is 2.19. The smallest absolute Gasteiger partial charge is 0.0342 e. The van der Waals surface area contributed by atoms with Gasteiger partial charge < -0.3 is 10.6 Å². The zero-order valence-electron chi connectivity index (χ0n) is 9.97. The number of piperazine rings is 1. The van der Waals surface area contributed by atoms with Gasteiger partial charge in [-0.05, 0) is 32.4 Å². The number of likely N-dealkylation sites (N-methyl/N-ethyl adjacent to an activating group) is 1. The summed E-state index contributed by atoms with van der Waals surface area (Å²) in [5, 5.41) is 7.11. The summed E-state index contributed by atoms with van der Waals surface area (Å²) in [7, 11) is 2.24. The molecule has 88 valence electrons. The SMILES string of the molecule is CN1CCNCC1CNCC1CCCC1. The molecule has 0 radical (unpaired) electrons. The molecule has 1 saturated carbocycles. The van der Waals surface area contributed by atoms with Gasteiger partial charge in [0.1, 0.15) is 0 Å². The lowest BCUT2D eigenvalue weighted by Gasteiger charge is -2.33. The molecule has 15 heavy (non-hydrogen) atoms. The minimum Gasteiger partial charge on any atom is -0.315 e. The Morgan fingerprint density at radius 3 is 2.80 bits per heavy atom. The maximum Gasteiger partial charge on any atom is 0.0342 e. The molecule has 3 heteroatoms. The van der Waals surface area contributed by atoms with Crippen LogP contribution in [0.2, 0.25) is 0 Å². The summed E-state index contributed by atoms with van der Waals surface area (Å²) in [6.07, 6.45) is 5.81. The van der Waals surface area contributed by atoms with E-state index in [1.165, 1.54) is 38.8 Å². The Morgan fingerprint density at radius 2 is 2.07 bits per heavy atom. The van der Waals surface area contributed by atoms with Gasteiger partial charge in [0, 0.05) is 32.2 Å². The minimum absolute atomic E-state index is 0.695. The van der Waals surface area contributed by atoms with E-state index >= 15 is 0 Å². The average Bonchev–Trinajstić information content (AvgIpc) is 2.74. The summed E-state index contributed by atoms with van der Waals surface area (Å²) in [5.74, 6) is 0.965. The molecule has 0 aromatic heterocycles. The Hall–Kier alpha value is -0.120. The fraction of sp³-hybridized carbons (Fsp3) is 1.00. The number of rotatable bonds is 4. The molecule has 0 aromatic carbocycles. The molecule has 2 aliphatic rings. The second-order valence-electron chi connectivity index (χ2n) is 5.15. The predicted octanol–water partition coefficient (Wildman–Crippen LogP) is 0.670. The molecule has 1 aliphatic heterocycles. The van der Waals surface area contributed by atoms with Crippen molar-refractivity contribution in [2.75, 3.05) is 39.8 Å². The van der Waals surface area contributed by atoms with E-state index < -0.39 is 0 Å². The first-order valence-electron chi connectivity index (χ1n) is 6.48. The third-order valence-corrected chi connectivity index (χ3v) is 3.93. The van der Waals surface area contributed by atoms with Gasteiger partial charge in [-0.25, -0.2) is 0 Å². The predicted molar refractivity (Wildman–Crippen MR) is 64.1 cm³/mol. The lowest BCUT2D eigenvalue weighted by molar-refractivity contribution is 0.194. The van der Waals surface area contributed by atoms with Crippen molar-refractivity contribution >= 4 is 0 Å². The second-order valence-corrected chi connectivity index (χ2v) is 5.15. The van der Waals surface area contributed by atoms with Crippen LogP contribution >= 0.6 is 0 Å². The van der Waals surface area contributed by atoms with Gasteiger partial charge >= 0.3 is 0 Å². The van der Waals surface area contributed by atoms with Gasteiger partial charge in [-0.3, -0.25) is 4.90 Å². The Morgan fingerprint density at radius 1 is 1.27 bits per heavy atom. The molecule has 1 heterocycles. The molecular formula is C12H25N3. The van der Waals surface area contributed by atoms with E-state index in [0.29, 0.717) is 6.04 Å². The quantitative estimate of drug-likeness (QED) is 0.716. The van der Waals surface area contributed by atoms with Crippen molar-refractivity contribution in [3.05, 3.63) is 0 Å². The van der Waals surface area contributed by atoms with Gasteiger partial charge in [0.2, 0.25) is 0 Å². The van der Waals surface area contributed by atoms with Gasteiger partial charge in [-0.1, -0.05) is 12.8 Å². The monoisotopic (exact) mass is 211 g/mol. The van der Waals surface area contributed by atoms with Gasteiger partial charge in [-0.15, -0.1) is 0 Å². The minimum atomic E-state index is 0.695. The normalized spacial score (nSPS) is 29.8. The fourth-order valence-electron chi connectivity index (χ4n) is 2.76. The number of nitrogens with one attached hydrogen (secondary N) is 2. The average molecular weight is 211 g/mol. The fourth-order valence-corrected chi connectivity index (χ4v) is 2.76. The molecule has 2 fully saturated rings. The molecule has 1 unspecified atom stereocenters. The topological polar surface area (TPSA) is 27.3 Å². The third-order valence-electron chi connectivity index (χ3n) is 3.93. The van der Waals surface area contributed by atoms with Crippen LogP contribution in [0.3, 0.4) is 0 Å². The molecule has 1 saturated heterocycles. The highest BCUT2D eigenvalue weighted by atomic mass is 15.2. The lowest BCUT2D eigenvalue weighted by atomic mass is 10.1. The van der Waals surface area contributed by atoms with Crippen LogP contribution in [0.5, 0.6) is 0 Å². The van der Waals surface area contributed by atoms with Crippen molar-refractivity contribution in [1.82, 2.24) is 15.5 Å². The summed E-state index contributed by atoms with van der Waals surface area (Å²) >= 11 is 0. The maximum absolute atomic E-state index is 3.65. The van der Waals surface area contributed by atoms with Crippen LogP contribution in [0, 0.1) is 5.92 Å². The molecule has 0 bridgehead atoms. The molecule has 2 rings (SSSR count). The molecule has 1 atom stereocenters. The van der Waals surface area contributed by atoms with Crippen molar-refractivity contribution in [2.24, 2.45) is 5.92 Å². The van der Waals surface area contributed by atoms with E-state index in [1.54, 1.807) is 0 Å². The van der Waals surface area contributed by atoms with E-state index in [2.05, 4.69) is 22.6 Å². The van der Waals surface area contributed by atoms with Crippen LogP contribution in [0.15, 0.2) is 0 Å². The number of hydrogen-bond acceptors (Lipinski definition) is 3. The molecular weight excluding hydrogens is 186 g/mol. The highest BCUT2D eigenvalue weighted by molar-refractivity contribution is 4.80. The van der Waals surface area contributed by atoms with Crippen LogP contribution in [-0.2, 0) is 0 Å². The summed E-state index contributed by atoms with van der Waals surface area (Å²) in [6, 6.07) is 0.695. The zero-order valence-corrected chi connectivity index (χ0v) is 9.97. The molecule has 0 aromatic rings. The summed E-state index contributed by atoms with van der Waals surface area (Å²) in [6.45, 7) is 5.88. The first kappa shape index (κ1) is 11.4. The first-order valence-corrected chi connectivity index (χ1v) is 6.48. The Kier molecular flexibility index (Phi) is 4.42. The van der Waals surface area contributed by atoms with E-state index in [-0.39, 0.29) is 0 Å². The van der Waals surface area contributed by atoms with E-state index in [4.69, 9.17) is 0 Å². The number of nitrogens with zero attached hydrogens (tertiary/aromatic N) is 1. The Labute approximate surface area is 93.6 Å². The lowest BCUT2D eigenvalue weighted by Crippen LogP contribution is -2.53. The standard InChI is InChI=1S/C12H25N3/c1-15-7-6-13-9-12(15)10-14-8-11-4-2-3-5-11/h11-14H,2-10H2,1H3. The van der Waals surface area contributed by atoms with E-state index in [1.807, 2.05) is 0 Å². The van der Waals surface area contributed by atoms with Crippen molar-refractivity contribution < 1.29 is 0 Å². The van der Waals surface area contributed by atoms with E-state index in [0.717, 1.165) is 25.6 Å². The zero-order chi connectivity index (χ0) is 10.5. The molecule has 3 nitrogen and oxygen atoms in total.